The van der Waals surface area contributed by atoms with Gasteiger partial charge in [0.2, 0.25) is 0 Å². The molecule has 3 heteroatoms. The number of thioether (sulfide) groups is 1. The summed E-state index contributed by atoms with van der Waals surface area (Å²) in [6.45, 7) is 4.44. The van der Waals surface area contributed by atoms with Crippen LogP contribution < -0.4 is 5.32 Å². The van der Waals surface area contributed by atoms with Crippen molar-refractivity contribution in [1.82, 2.24) is 5.32 Å². The molecule has 80 valence electrons. The molecule has 1 N–H and O–H groups in total. The second-order valence-electron chi connectivity index (χ2n) is 3.96. The zero-order valence-electron chi connectivity index (χ0n) is 9.12. The fourth-order valence-corrected chi connectivity index (χ4v) is 3.03. The highest BCUT2D eigenvalue weighted by Crippen LogP contribution is 2.25. The standard InChI is InChI=1S/C11H20N2S/c1-3-10(6-7-12)13-11-5-4-8-14-9(11)2/h9-11,13H,3-6,8H2,1-2H3. The molecule has 0 radical (unpaired) electrons. The Balaban J connectivity index is 2.36. The molecule has 1 fully saturated rings. The van der Waals surface area contributed by atoms with E-state index in [0.29, 0.717) is 23.8 Å². The molecule has 0 aliphatic carbocycles. The van der Waals surface area contributed by atoms with Crippen molar-refractivity contribution in [3.8, 4) is 6.07 Å². The van der Waals surface area contributed by atoms with E-state index in [-0.39, 0.29) is 0 Å². The van der Waals surface area contributed by atoms with Gasteiger partial charge in [0.25, 0.3) is 0 Å². The summed E-state index contributed by atoms with van der Waals surface area (Å²) in [6, 6.07) is 3.27. The van der Waals surface area contributed by atoms with Crippen molar-refractivity contribution in [2.45, 2.75) is 56.9 Å². The molecule has 1 saturated heterocycles. The summed E-state index contributed by atoms with van der Waals surface area (Å²) in [5.41, 5.74) is 0. The second-order valence-corrected chi connectivity index (χ2v) is 5.44. The zero-order chi connectivity index (χ0) is 10.4. The van der Waals surface area contributed by atoms with Crippen LogP contribution in [0.3, 0.4) is 0 Å². The van der Waals surface area contributed by atoms with Crippen molar-refractivity contribution in [1.29, 1.82) is 5.26 Å². The van der Waals surface area contributed by atoms with Gasteiger partial charge in [-0.3, -0.25) is 0 Å². The van der Waals surface area contributed by atoms with Crippen LogP contribution in [0.1, 0.15) is 39.5 Å². The van der Waals surface area contributed by atoms with Gasteiger partial charge in [0.05, 0.1) is 12.5 Å². The largest absolute Gasteiger partial charge is 0.309 e. The first-order chi connectivity index (χ1) is 6.77. The van der Waals surface area contributed by atoms with Gasteiger partial charge in [-0.25, -0.2) is 0 Å². The summed E-state index contributed by atoms with van der Waals surface area (Å²) in [5.74, 6) is 1.30. The maximum Gasteiger partial charge on any atom is 0.0638 e. The normalized spacial score (nSPS) is 29.5. The Labute approximate surface area is 91.4 Å². The van der Waals surface area contributed by atoms with Gasteiger partial charge >= 0.3 is 0 Å². The first-order valence-electron chi connectivity index (χ1n) is 5.52. The predicted molar refractivity (Wildman–Crippen MR) is 62.4 cm³/mol. The number of hydrogen-bond acceptors (Lipinski definition) is 3. The molecule has 0 aromatic rings. The topological polar surface area (TPSA) is 35.8 Å². The van der Waals surface area contributed by atoms with Crippen LogP contribution in [0.25, 0.3) is 0 Å². The molecule has 2 nitrogen and oxygen atoms in total. The van der Waals surface area contributed by atoms with Crippen LogP contribution in [-0.4, -0.2) is 23.1 Å². The number of rotatable bonds is 4. The minimum absolute atomic E-state index is 0.395. The van der Waals surface area contributed by atoms with Crippen LogP contribution in [0.5, 0.6) is 0 Å². The van der Waals surface area contributed by atoms with E-state index in [1.807, 2.05) is 0 Å². The fourth-order valence-electron chi connectivity index (χ4n) is 1.88. The van der Waals surface area contributed by atoms with Crippen LogP contribution in [0.15, 0.2) is 0 Å². The van der Waals surface area contributed by atoms with Crippen LogP contribution in [0.4, 0.5) is 0 Å². The van der Waals surface area contributed by atoms with Gasteiger partial charge in [0.1, 0.15) is 0 Å². The maximum atomic E-state index is 8.67. The van der Waals surface area contributed by atoms with Gasteiger partial charge in [0, 0.05) is 17.3 Å². The third-order valence-corrected chi connectivity index (χ3v) is 4.27. The summed E-state index contributed by atoms with van der Waals surface area (Å²) < 4.78 is 0. The SMILES string of the molecule is CCC(CC#N)NC1CCCSC1C. The third kappa shape index (κ3) is 3.51. The molecule has 0 spiro atoms. The van der Waals surface area contributed by atoms with Crippen LogP contribution >= 0.6 is 11.8 Å². The monoisotopic (exact) mass is 212 g/mol. The number of hydrogen-bond donors (Lipinski definition) is 1. The molecule has 14 heavy (non-hydrogen) atoms. The van der Waals surface area contributed by atoms with Crippen molar-refractivity contribution >= 4 is 11.8 Å². The van der Waals surface area contributed by atoms with E-state index in [1.54, 1.807) is 0 Å². The van der Waals surface area contributed by atoms with Gasteiger partial charge in [-0.2, -0.15) is 17.0 Å². The second kappa shape index (κ2) is 6.31. The Morgan fingerprint density at radius 3 is 3.00 bits per heavy atom. The Morgan fingerprint density at radius 2 is 2.43 bits per heavy atom. The van der Waals surface area contributed by atoms with Crippen molar-refractivity contribution in [3.05, 3.63) is 0 Å². The first-order valence-corrected chi connectivity index (χ1v) is 6.57. The molecule has 3 unspecified atom stereocenters. The fraction of sp³-hybridized carbons (Fsp3) is 0.909. The molecule has 1 rings (SSSR count). The number of nitrogens with one attached hydrogen (secondary N) is 1. The highest BCUT2D eigenvalue weighted by atomic mass is 32.2. The zero-order valence-corrected chi connectivity index (χ0v) is 9.94. The van der Waals surface area contributed by atoms with Crippen LogP contribution in [-0.2, 0) is 0 Å². The van der Waals surface area contributed by atoms with E-state index >= 15 is 0 Å². The molecule has 1 aliphatic rings. The smallest absolute Gasteiger partial charge is 0.0638 e. The number of nitriles is 1. The molecule has 1 heterocycles. The van der Waals surface area contributed by atoms with Gasteiger partial charge in [-0.05, 0) is 25.0 Å². The van der Waals surface area contributed by atoms with Gasteiger partial charge in [-0.15, -0.1) is 0 Å². The molecule has 0 amide bonds. The Bertz CT molecular complexity index is 200. The van der Waals surface area contributed by atoms with E-state index in [9.17, 15) is 0 Å². The van der Waals surface area contributed by atoms with Gasteiger partial charge < -0.3 is 5.32 Å². The van der Waals surface area contributed by atoms with Gasteiger partial charge in [-0.1, -0.05) is 13.8 Å². The minimum atomic E-state index is 0.395. The highest BCUT2D eigenvalue weighted by Gasteiger charge is 2.23. The van der Waals surface area contributed by atoms with Crippen LogP contribution in [0.2, 0.25) is 0 Å². The molecular formula is C11H20N2S. The Hall–Kier alpha value is -0.200. The van der Waals surface area contributed by atoms with Crippen molar-refractivity contribution < 1.29 is 0 Å². The van der Waals surface area contributed by atoms with Crippen molar-refractivity contribution in [2.75, 3.05) is 5.75 Å². The lowest BCUT2D eigenvalue weighted by atomic mass is 10.0. The summed E-state index contributed by atoms with van der Waals surface area (Å²) in [7, 11) is 0. The highest BCUT2D eigenvalue weighted by molar-refractivity contribution is 7.99. The summed E-state index contributed by atoms with van der Waals surface area (Å²) in [5, 5.41) is 13.0. The van der Waals surface area contributed by atoms with E-state index < -0.39 is 0 Å². The van der Waals surface area contributed by atoms with Crippen molar-refractivity contribution in [2.24, 2.45) is 0 Å². The maximum absolute atomic E-state index is 8.67. The lowest BCUT2D eigenvalue weighted by Gasteiger charge is -2.32. The lowest BCUT2D eigenvalue weighted by Crippen LogP contribution is -2.44. The molecular weight excluding hydrogens is 192 g/mol. The van der Waals surface area contributed by atoms with E-state index in [4.69, 9.17) is 5.26 Å². The minimum Gasteiger partial charge on any atom is -0.309 e. The molecule has 0 saturated carbocycles. The summed E-state index contributed by atoms with van der Waals surface area (Å²) >= 11 is 2.05. The van der Waals surface area contributed by atoms with E-state index in [0.717, 1.165) is 6.42 Å². The quantitative estimate of drug-likeness (QED) is 0.778. The average molecular weight is 212 g/mol. The third-order valence-electron chi connectivity index (χ3n) is 2.89. The molecule has 3 atom stereocenters. The lowest BCUT2D eigenvalue weighted by molar-refractivity contribution is 0.391. The number of nitrogens with zero attached hydrogens (tertiary/aromatic N) is 1. The average Bonchev–Trinajstić information content (AvgIpc) is 2.20. The van der Waals surface area contributed by atoms with Crippen LogP contribution in [0, 0.1) is 11.3 Å². The molecule has 0 bridgehead atoms. The molecule has 0 aromatic heterocycles. The predicted octanol–water partition coefficient (Wildman–Crippen LogP) is 2.55. The molecule has 0 aromatic carbocycles. The Kier molecular flexibility index (Phi) is 5.36. The van der Waals surface area contributed by atoms with E-state index in [2.05, 4.69) is 37.0 Å². The van der Waals surface area contributed by atoms with Gasteiger partial charge in [0.15, 0.2) is 0 Å². The summed E-state index contributed by atoms with van der Waals surface area (Å²) in [6.07, 6.45) is 4.29. The Morgan fingerprint density at radius 1 is 1.64 bits per heavy atom. The van der Waals surface area contributed by atoms with Crippen molar-refractivity contribution in [3.63, 3.8) is 0 Å². The summed E-state index contributed by atoms with van der Waals surface area (Å²) in [4.78, 5) is 0. The van der Waals surface area contributed by atoms with E-state index in [1.165, 1.54) is 18.6 Å². The molecule has 1 aliphatic heterocycles. The first kappa shape index (κ1) is 11.9.